The molecule has 0 saturated heterocycles. The lowest BCUT2D eigenvalue weighted by atomic mass is 10.1. The first-order valence-corrected chi connectivity index (χ1v) is 9.38. The number of rotatable bonds is 5. The molecule has 1 amide bonds. The number of nitrogens with one attached hydrogen (secondary N) is 1. The van der Waals surface area contributed by atoms with Gasteiger partial charge in [0.2, 0.25) is 0 Å². The molecule has 0 radical (unpaired) electrons. The van der Waals surface area contributed by atoms with Crippen LogP contribution in [0.5, 0.6) is 0 Å². The van der Waals surface area contributed by atoms with Crippen LogP contribution in [-0.2, 0) is 13.0 Å². The van der Waals surface area contributed by atoms with E-state index < -0.39 is 0 Å². The van der Waals surface area contributed by atoms with Gasteiger partial charge in [0.25, 0.3) is 5.91 Å². The van der Waals surface area contributed by atoms with Crippen molar-refractivity contribution in [3.05, 3.63) is 35.5 Å². The van der Waals surface area contributed by atoms with Gasteiger partial charge in [-0.05, 0) is 24.3 Å². The molecule has 6 nitrogen and oxygen atoms in total. The lowest BCUT2D eigenvalue weighted by molar-refractivity contribution is 0.0927. The second-order valence-electron chi connectivity index (χ2n) is 6.26. The summed E-state index contributed by atoms with van der Waals surface area (Å²) in [7, 11) is 0. The second-order valence-corrected chi connectivity index (χ2v) is 7.55. The number of fused-ring (bicyclic) bond motifs is 1. The van der Waals surface area contributed by atoms with Crippen molar-refractivity contribution in [3.63, 3.8) is 0 Å². The molecule has 2 aromatic rings. The van der Waals surface area contributed by atoms with E-state index in [2.05, 4.69) is 45.8 Å². The van der Waals surface area contributed by atoms with E-state index in [1.807, 2.05) is 6.07 Å². The van der Waals surface area contributed by atoms with Crippen LogP contribution in [0.1, 0.15) is 55.1 Å². The van der Waals surface area contributed by atoms with E-state index in [1.54, 1.807) is 24.0 Å². The highest BCUT2D eigenvalue weighted by molar-refractivity contribution is 7.99. The van der Waals surface area contributed by atoms with Gasteiger partial charge in [-0.25, -0.2) is 4.98 Å². The Hall–Kier alpha value is -1.89. The summed E-state index contributed by atoms with van der Waals surface area (Å²) in [5, 5.41) is 12.6. The number of amides is 1. The van der Waals surface area contributed by atoms with E-state index in [1.165, 1.54) is 0 Å². The van der Waals surface area contributed by atoms with E-state index in [0.29, 0.717) is 11.5 Å². The molecule has 0 bridgehead atoms. The van der Waals surface area contributed by atoms with Crippen LogP contribution < -0.4 is 5.32 Å². The quantitative estimate of drug-likeness (QED) is 0.844. The molecule has 2 aromatic heterocycles. The Labute approximate surface area is 146 Å². The first-order valence-electron chi connectivity index (χ1n) is 8.40. The third-order valence-corrected chi connectivity index (χ3v) is 4.92. The maximum Gasteiger partial charge on any atom is 0.251 e. The Morgan fingerprint density at radius 2 is 2.29 bits per heavy atom. The van der Waals surface area contributed by atoms with Gasteiger partial charge in [0.1, 0.15) is 11.6 Å². The first kappa shape index (κ1) is 17.0. The fourth-order valence-corrected chi connectivity index (χ4v) is 3.58. The van der Waals surface area contributed by atoms with Crippen LogP contribution in [0.4, 0.5) is 0 Å². The van der Waals surface area contributed by atoms with E-state index in [4.69, 9.17) is 0 Å². The summed E-state index contributed by atoms with van der Waals surface area (Å²) in [6.45, 7) is 7.04. The number of carbonyl (C=O) groups is 1. The van der Waals surface area contributed by atoms with Crippen molar-refractivity contribution in [2.45, 2.75) is 57.1 Å². The number of thioether (sulfide) groups is 1. The fourth-order valence-electron chi connectivity index (χ4n) is 2.94. The summed E-state index contributed by atoms with van der Waals surface area (Å²) < 4.78 is 2.16. The predicted molar refractivity (Wildman–Crippen MR) is 94.3 cm³/mol. The summed E-state index contributed by atoms with van der Waals surface area (Å²) in [5.74, 6) is 3.25. The SMILES string of the molecule is CCSc1cc(C(=O)NC2CCc3nnc(C(C)C)n3C2)ccn1. The number of pyridine rings is 1. The lowest BCUT2D eigenvalue weighted by Gasteiger charge is -2.26. The van der Waals surface area contributed by atoms with Crippen LogP contribution in [0.3, 0.4) is 0 Å². The van der Waals surface area contributed by atoms with Gasteiger partial charge < -0.3 is 9.88 Å². The summed E-state index contributed by atoms with van der Waals surface area (Å²) in [6.07, 6.45) is 3.43. The molecule has 1 aliphatic rings. The van der Waals surface area contributed by atoms with Crippen LogP contribution in [0.15, 0.2) is 23.4 Å². The standard InChI is InChI=1S/C17H23N5OS/c1-4-24-15-9-12(7-8-18-15)17(23)19-13-5-6-14-20-21-16(11(2)3)22(14)10-13/h7-9,11,13H,4-6,10H2,1-3H3,(H,19,23). The van der Waals surface area contributed by atoms with Gasteiger partial charge in [-0.15, -0.1) is 22.0 Å². The lowest BCUT2D eigenvalue weighted by Crippen LogP contribution is -2.41. The molecule has 1 atom stereocenters. The largest absolute Gasteiger partial charge is 0.347 e. The highest BCUT2D eigenvalue weighted by atomic mass is 32.2. The van der Waals surface area contributed by atoms with Crippen molar-refractivity contribution < 1.29 is 4.79 Å². The van der Waals surface area contributed by atoms with Crippen LogP contribution in [0.2, 0.25) is 0 Å². The first-order chi connectivity index (χ1) is 11.6. The second kappa shape index (κ2) is 7.34. The molecule has 0 fully saturated rings. The molecular formula is C17H23N5OS. The Kier molecular flexibility index (Phi) is 5.18. The molecule has 128 valence electrons. The molecule has 1 unspecified atom stereocenters. The van der Waals surface area contributed by atoms with Gasteiger partial charge >= 0.3 is 0 Å². The highest BCUT2D eigenvalue weighted by Gasteiger charge is 2.25. The van der Waals surface area contributed by atoms with Crippen molar-refractivity contribution in [3.8, 4) is 0 Å². The number of hydrogen-bond donors (Lipinski definition) is 1. The van der Waals surface area contributed by atoms with Crippen molar-refractivity contribution in [1.29, 1.82) is 0 Å². The van der Waals surface area contributed by atoms with Gasteiger partial charge in [-0.2, -0.15) is 0 Å². The minimum atomic E-state index is -0.0389. The molecule has 0 spiro atoms. The Morgan fingerprint density at radius 1 is 1.46 bits per heavy atom. The average molecular weight is 345 g/mol. The zero-order valence-electron chi connectivity index (χ0n) is 14.3. The van der Waals surface area contributed by atoms with Gasteiger partial charge in [-0.1, -0.05) is 20.8 Å². The van der Waals surface area contributed by atoms with E-state index in [9.17, 15) is 4.79 Å². The number of nitrogens with zero attached hydrogens (tertiary/aromatic N) is 4. The summed E-state index contributed by atoms with van der Waals surface area (Å²) in [6, 6.07) is 3.73. The molecule has 0 aliphatic carbocycles. The number of hydrogen-bond acceptors (Lipinski definition) is 5. The van der Waals surface area contributed by atoms with Gasteiger partial charge in [0.05, 0.1) is 5.03 Å². The molecule has 7 heteroatoms. The summed E-state index contributed by atoms with van der Waals surface area (Å²) >= 11 is 1.64. The monoisotopic (exact) mass is 345 g/mol. The van der Waals surface area contributed by atoms with Crippen molar-refractivity contribution in [2.24, 2.45) is 0 Å². The van der Waals surface area contributed by atoms with Crippen LogP contribution in [0.25, 0.3) is 0 Å². The minimum Gasteiger partial charge on any atom is -0.347 e. The predicted octanol–water partition coefficient (Wildman–Crippen LogP) is 2.65. The minimum absolute atomic E-state index is 0.0389. The molecule has 1 N–H and O–H groups in total. The third-order valence-electron chi connectivity index (χ3n) is 4.12. The van der Waals surface area contributed by atoms with Gasteiger partial charge in [0.15, 0.2) is 0 Å². The normalized spacial score (nSPS) is 16.9. The van der Waals surface area contributed by atoms with Crippen LogP contribution in [-0.4, -0.2) is 37.5 Å². The average Bonchev–Trinajstić information content (AvgIpc) is 2.99. The summed E-state index contributed by atoms with van der Waals surface area (Å²) in [5.41, 5.74) is 0.666. The fraction of sp³-hybridized carbons (Fsp3) is 0.529. The highest BCUT2D eigenvalue weighted by Crippen LogP contribution is 2.21. The molecule has 1 aliphatic heterocycles. The van der Waals surface area contributed by atoms with Crippen molar-refractivity contribution >= 4 is 17.7 Å². The number of aromatic nitrogens is 4. The maximum atomic E-state index is 12.5. The Morgan fingerprint density at radius 3 is 3.04 bits per heavy atom. The van der Waals surface area contributed by atoms with Crippen molar-refractivity contribution in [1.82, 2.24) is 25.1 Å². The maximum absolute atomic E-state index is 12.5. The summed E-state index contributed by atoms with van der Waals surface area (Å²) in [4.78, 5) is 16.8. The molecule has 3 rings (SSSR count). The number of carbonyl (C=O) groups excluding carboxylic acids is 1. The van der Waals surface area contributed by atoms with Crippen LogP contribution >= 0.6 is 11.8 Å². The topological polar surface area (TPSA) is 72.7 Å². The van der Waals surface area contributed by atoms with Crippen molar-refractivity contribution in [2.75, 3.05) is 5.75 Å². The van der Waals surface area contributed by atoms with E-state index in [-0.39, 0.29) is 11.9 Å². The molecule has 0 saturated carbocycles. The zero-order chi connectivity index (χ0) is 17.1. The molecule has 24 heavy (non-hydrogen) atoms. The smallest absolute Gasteiger partial charge is 0.251 e. The van der Waals surface area contributed by atoms with Gasteiger partial charge in [0, 0.05) is 36.7 Å². The zero-order valence-corrected chi connectivity index (χ0v) is 15.1. The van der Waals surface area contributed by atoms with E-state index >= 15 is 0 Å². The van der Waals surface area contributed by atoms with Gasteiger partial charge in [-0.3, -0.25) is 4.79 Å². The Bertz CT molecular complexity index is 728. The third kappa shape index (κ3) is 3.61. The van der Waals surface area contributed by atoms with Crippen LogP contribution in [0, 0.1) is 0 Å². The molecular weight excluding hydrogens is 322 g/mol. The van der Waals surface area contributed by atoms with E-state index in [0.717, 1.165) is 41.8 Å². The Balaban J connectivity index is 1.69. The molecule has 0 aromatic carbocycles. The molecule has 3 heterocycles. The number of aryl methyl sites for hydroxylation is 1.